The maximum atomic E-state index is 13.0. The predicted molar refractivity (Wildman–Crippen MR) is 112 cm³/mol. The van der Waals surface area contributed by atoms with E-state index < -0.39 is 0 Å². The summed E-state index contributed by atoms with van der Waals surface area (Å²) >= 11 is 0. The molecular formula is C22H29N5O4. The lowest BCUT2D eigenvalue weighted by Gasteiger charge is -2.25. The second-order valence-corrected chi connectivity index (χ2v) is 8.21. The molecule has 0 radical (unpaired) electrons. The van der Waals surface area contributed by atoms with Gasteiger partial charge in [-0.05, 0) is 36.5 Å². The molecule has 2 aromatic rings. The molecule has 1 aromatic carbocycles. The lowest BCUT2D eigenvalue weighted by molar-refractivity contribution is -0.139. The van der Waals surface area contributed by atoms with E-state index in [0.29, 0.717) is 38.7 Å². The van der Waals surface area contributed by atoms with Crippen molar-refractivity contribution in [1.29, 1.82) is 0 Å². The first kappa shape index (κ1) is 21.3. The van der Waals surface area contributed by atoms with Crippen molar-refractivity contribution in [2.75, 3.05) is 33.4 Å². The van der Waals surface area contributed by atoms with Crippen molar-refractivity contribution in [3.8, 4) is 5.75 Å². The first-order valence-corrected chi connectivity index (χ1v) is 10.7. The Morgan fingerprint density at radius 2 is 2.13 bits per heavy atom. The summed E-state index contributed by atoms with van der Waals surface area (Å²) in [4.78, 5) is 33.2. The molecule has 166 valence electrons. The van der Waals surface area contributed by atoms with Gasteiger partial charge in [-0.25, -0.2) is 4.98 Å². The molecule has 0 bridgehead atoms. The summed E-state index contributed by atoms with van der Waals surface area (Å²) in [6.07, 6.45) is 5.48. The Morgan fingerprint density at radius 1 is 1.26 bits per heavy atom. The molecule has 9 nitrogen and oxygen atoms in total. The minimum atomic E-state index is -0.201. The second-order valence-electron chi connectivity index (χ2n) is 8.21. The molecule has 0 unspecified atom stereocenters. The van der Waals surface area contributed by atoms with Gasteiger partial charge in [0.2, 0.25) is 11.8 Å². The van der Waals surface area contributed by atoms with E-state index in [0.717, 1.165) is 11.3 Å². The number of hydrogen-bond acceptors (Lipinski definition) is 6. The van der Waals surface area contributed by atoms with Crippen LogP contribution in [0.5, 0.6) is 5.75 Å². The number of aryl methyl sites for hydroxylation is 1. The maximum Gasteiger partial charge on any atom is 0.242 e. The van der Waals surface area contributed by atoms with Crippen molar-refractivity contribution >= 4 is 11.8 Å². The predicted octanol–water partition coefficient (Wildman–Crippen LogP) is 1.34. The van der Waals surface area contributed by atoms with E-state index >= 15 is 0 Å². The Morgan fingerprint density at radius 3 is 2.87 bits per heavy atom. The topological polar surface area (TPSA) is 89.8 Å². The van der Waals surface area contributed by atoms with Crippen molar-refractivity contribution in [3.63, 3.8) is 0 Å². The van der Waals surface area contributed by atoms with Gasteiger partial charge in [-0.2, -0.15) is 5.10 Å². The Balaban J connectivity index is 1.43. The number of rotatable bonds is 9. The highest BCUT2D eigenvalue weighted by Gasteiger charge is 2.32. The third-order valence-electron chi connectivity index (χ3n) is 5.67. The van der Waals surface area contributed by atoms with Crippen molar-refractivity contribution < 1.29 is 19.1 Å². The summed E-state index contributed by atoms with van der Waals surface area (Å²) in [7, 11) is 1.63. The number of carbonyl (C=O) groups is 2. The fraction of sp³-hybridized carbons (Fsp3) is 0.545. The number of aromatic nitrogens is 3. The van der Waals surface area contributed by atoms with Gasteiger partial charge in [-0.15, -0.1) is 0 Å². The van der Waals surface area contributed by atoms with Gasteiger partial charge in [0.05, 0.1) is 26.3 Å². The number of nitrogens with zero attached hydrogens (tertiary/aromatic N) is 5. The van der Waals surface area contributed by atoms with Crippen LogP contribution in [0.4, 0.5) is 0 Å². The quantitative estimate of drug-likeness (QED) is 0.600. The number of amides is 2. The van der Waals surface area contributed by atoms with Gasteiger partial charge >= 0.3 is 0 Å². The summed E-state index contributed by atoms with van der Waals surface area (Å²) in [6, 6.07) is 7.70. The Kier molecular flexibility index (Phi) is 6.81. The largest absolute Gasteiger partial charge is 0.497 e. The van der Waals surface area contributed by atoms with Gasteiger partial charge in [0.1, 0.15) is 18.4 Å². The van der Waals surface area contributed by atoms with Crippen LogP contribution in [0.1, 0.15) is 24.8 Å². The minimum Gasteiger partial charge on any atom is -0.497 e. The van der Waals surface area contributed by atoms with Crippen molar-refractivity contribution in [3.05, 3.63) is 42.5 Å². The molecule has 4 rings (SSSR count). The molecule has 0 N–H and O–H groups in total. The molecule has 1 saturated carbocycles. The van der Waals surface area contributed by atoms with Crippen LogP contribution >= 0.6 is 0 Å². The molecule has 0 spiro atoms. The third-order valence-corrected chi connectivity index (χ3v) is 5.67. The molecule has 2 aliphatic rings. The molecule has 9 heteroatoms. The van der Waals surface area contributed by atoms with E-state index in [4.69, 9.17) is 9.47 Å². The van der Waals surface area contributed by atoms with Gasteiger partial charge in [0, 0.05) is 32.7 Å². The number of ether oxygens (including phenoxy) is 2. The molecule has 2 amide bonds. The van der Waals surface area contributed by atoms with E-state index in [2.05, 4.69) is 10.1 Å². The average molecular weight is 428 g/mol. The highest BCUT2D eigenvalue weighted by molar-refractivity contribution is 5.85. The second kappa shape index (κ2) is 9.91. The van der Waals surface area contributed by atoms with E-state index in [1.54, 1.807) is 27.9 Å². The zero-order valence-electron chi connectivity index (χ0n) is 17.9. The molecule has 2 heterocycles. The van der Waals surface area contributed by atoms with E-state index in [-0.39, 0.29) is 30.9 Å². The molecule has 1 saturated heterocycles. The first-order chi connectivity index (χ1) is 15.1. The monoisotopic (exact) mass is 427 g/mol. The maximum absolute atomic E-state index is 13.0. The fourth-order valence-corrected chi connectivity index (χ4v) is 3.69. The summed E-state index contributed by atoms with van der Waals surface area (Å²) in [5, 5.41) is 4.04. The van der Waals surface area contributed by atoms with E-state index in [1.807, 2.05) is 24.3 Å². The molecular weight excluding hydrogens is 398 g/mol. The van der Waals surface area contributed by atoms with Crippen molar-refractivity contribution in [2.45, 2.75) is 38.5 Å². The van der Waals surface area contributed by atoms with Crippen LogP contribution in [0.2, 0.25) is 0 Å². The fourth-order valence-electron chi connectivity index (χ4n) is 3.69. The molecule has 1 aliphatic heterocycles. The summed E-state index contributed by atoms with van der Waals surface area (Å²) in [5.74, 6) is 1.22. The van der Waals surface area contributed by atoms with Crippen LogP contribution in [0.3, 0.4) is 0 Å². The summed E-state index contributed by atoms with van der Waals surface area (Å²) in [5.41, 5.74) is 0.986. The third kappa shape index (κ3) is 6.04. The molecule has 1 aromatic heterocycles. The number of hydrogen-bond donors (Lipinski definition) is 0. The Labute approximate surface area is 181 Å². The van der Waals surface area contributed by atoms with Crippen LogP contribution in [-0.2, 0) is 27.4 Å². The first-order valence-electron chi connectivity index (χ1n) is 10.7. The number of benzene rings is 1. The van der Waals surface area contributed by atoms with Gasteiger partial charge < -0.3 is 19.3 Å². The standard InChI is InChI=1S/C22H29N5O4/c1-30-19-4-2-3-18(9-19)10-25-11-20(31-14-17-5-6-17)12-26(13-22(25)29)21(28)7-8-27-16-23-15-24-27/h2-4,9,15-17,20H,5-8,10-14H2,1H3/t20-/m0/s1. The van der Waals surface area contributed by atoms with Crippen LogP contribution in [-0.4, -0.2) is 75.8 Å². The van der Waals surface area contributed by atoms with Crippen molar-refractivity contribution in [2.24, 2.45) is 5.92 Å². The average Bonchev–Trinajstić information content (AvgIpc) is 3.49. The lowest BCUT2D eigenvalue weighted by atomic mass is 10.2. The number of carbonyl (C=O) groups excluding carboxylic acids is 2. The lowest BCUT2D eigenvalue weighted by Crippen LogP contribution is -2.40. The molecule has 2 fully saturated rings. The smallest absolute Gasteiger partial charge is 0.242 e. The SMILES string of the molecule is COc1cccc(CN2C[C@H](OCC3CC3)CN(C(=O)CCn3cncn3)CC2=O)c1. The highest BCUT2D eigenvalue weighted by atomic mass is 16.5. The molecule has 1 atom stereocenters. The van der Waals surface area contributed by atoms with Crippen LogP contribution in [0.25, 0.3) is 0 Å². The zero-order chi connectivity index (χ0) is 21.6. The highest BCUT2D eigenvalue weighted by Crippen LogP contribution is 2.29. The van der Waals surface area contributed by atoms with Gasteiger partial charge in [-0.3, -0.25) is 14.3 Å². The van der Waals surface area contributed by atoms with Crippen molar-refractivity contribution in [1.82, 2.24) is 24.6 Å². The van der Waals surface area contributed by atoms with E-state index in [9.17, 15) is 9.59 Å². The van der Waals surface area contributed by atoms with Crippen LogP contribution in [0.15, 0.2) is 36.9 Å². The van der Waals surface area contributed by atoms with Gasteiger partial charge in [0.15, 0.2) is 0 Å². The number of methoxy groups -OCH3 is 1. The summed E-state index contributed by atoms with van der Waals surface area (Å²) < 4.78 is 13.1. The van der Waals surface area contributed by atoms with Gasteiger partial charge in [0.25, 0.3) is 0 Å². The Hall–Kier alpha value is -2.94. The molecule has 1 aliphatic carbocycles. The minimum absolute atomic E-state index is 0.0590. The van der Waals surface area contributed by atoms with E-state index in [1.165, 1.54) is 19.2 Å². The van der Waals surface area contributed by atoms with Crippen LogP contribution in [0, 0.1) is 5.92 Å². The van der Waals surface area contributed by atoms with Gasteiger partial charge in [-0.1, -0.05) is 12.1 Å². The summed E-state index contributed by atoms with van der Waals surface area (Å²) in [6.45, 7) is 2.53. The molecule has 31 heavy (non-hydrogen) atoms. The van der Waals surface area contributed by atoms with Crippen LogP contribution < -0.4 is 4.74 Å². The zero-order valence-corrected chi connectivity index (χ0v) is 17.9. The normalized spacial score (nSPS) is 19.4. The Bertz CT molecular complexity index is 884.